The van der Waals surface area contributed by atoms with Crippen molar-refractivity contribution < 1.29 is 9.50 Å². The van der Waals surface area contributed by atoms with Crippen LogP contribution in [0.2, 0.25) is 0 Å². The number of aliphatic hydroxyl groups excluding tert-OH is 1. The second-order valence-corrected chi connectivity index (χ2v) is 5.13. The highest BCUT2D eigenvalue weighted by atomic mass is 32.2. The molecule has 0 fully saturated rings. The number of hydrogen-bond donors (Lipinski definition) is 2. The van der Waals surface area contributed by atoms with E-state index in [4.69, 9.17) is 10.8 Å². The standard InChI is InChI=1S/C12H18FNOS/c1-8(6-15)7-16-12-4-3-10(13)5-11(12)9(2)14/h3-5,8-9,15H,6-7,14H2,1-2H3/t8?,9-/m0/s1. The average molecular weight is 243 g/mol. The highest BCUT2D eigenvalue weighted by Crippen LogP contribution is 2.28. The van der Waals surface area contributed by atoms with Crippen molar-refractivity contribution in [1.82, 2.24) is 0 Å². The van der Waals surface area contributed by atoms with Crippen LogP contribution < -0.4 is 5.73 Å². The van der Waals surface area contributed by atoms with Gasteiger partial charge < -0.3 is 10.8 Å². The summed E-state index contributed by atoms with van der Waals surface area (Å²) >= 11 is 1.61. The Kier molecular flexibility index (Phi) is 5.25. The zero-order valence-corrected chi connectivity index (χ0v) is 10.4. The molecule has 1 rings (SSSR count). The lowest BCUT2D eigenvalue weighted by Gasteiger charge is -2.14. The maximum atomic E-state index is 13.1. The quantitative estimate of drug-likeness (QED) is 0.781. The van der Waals surface area contributed by atoms with Gasteiger partial charge in [0, 0.05) is 23.3 Å². The SMILES string of the molecule is CC(CO)CSc1ccc(F)cc1[C@H](C)N. The molecular formula is C12H18FNOS. The van der Waals surface area contributed by atoms with Gasteiger partial charge in [-0.2, -0.15) is 0 Å². The molecule has 90 valence electrons. The van der Waals surface area contributed by atoms with Gasteiger partial charge in [0.25, 0.3) is 0 Å². The van der Waals surface area contributed by atoms with E-state index in [0.717, 1.165) is 16.2 Å². The lowest BCUT2D eigenvalue weighted by Crippen LogP contribution is -2.08. The molecule has 16 heavy (non-hydrogen) atoms. The Labute approximate surface area is 100 Å². The van der Waals surface area contributed by atoms with E-state index in [2.05, 4.69) is 0 Å². The first-order valence-electron chi connectivity index (χ1n) is 5.33. The summed E-state index contributed by atoms with van der Waals surface area (Å²) in [6, 6.07) is 4.50. The van der Waals surface area contributed by atoms with Crippen LogP contribution >= 0.6 is 11.8 Å². The predicted molar refractivity (Wildman–Crippen MR) is 66.0 cm³/mol. The van der Waals surface area contributed by atoms with Crippen LogP contribution in [0.15, 0.2) is 23.1 Å². The largest absolute Gasteiger partial charge is 0.396 e. The number of hydrogen-bond acceptors (Lipinski definition) is 3. The van der Waals surface area contributed by atoms with Gasteiger partial charge >= 0.3 is 0 Å². The van der Waals surface area contributed by atoms with Crippen LogP contribution in [0.4, 0.5) is 4.39 Å². The van der Waals surface area contributed by atoms with Crippen LogP contribution in [0.3, 0.4) is 0 Å². The number of aliphatic hydroxyl groups is 1. The summed E-state index contributed by atoms with van der Waals surface area (Å²) in [5.41, 5.74) is 6.62. The minimum absolute atomic E-state index is 0.168. The van der Waals surface area contributed by atoms with Crippen molar-refractivity contribution in [3.8, 4) is 0 Å². The molecule has 0 spiro atoms. The zero-order chi connectivity index (χ0) is 12.1. The predicted octanol–water partition coefficient (Wildman–Crippen LogP) is 2.57. The Bertz CT molecular complexity index is 344. The van der Waals surface area contributed by atoms with Crippen LogP contribution in [-0.2, 0) is 0 Å². The molecule has 0 saturated carbocycles. The fraction of sp³-hybridized carbons (Fsp3) is 0.500. The van der Waals surface area contributed by atoms with Gasteiger partial charge in [0.2, 0.25) is 0 Å². The van der Waals surface area contributed by atoms with Crippen LogP contribution in [0.5, 0.6) is 0 Å². The van der Waals surface area contributed by atoms with E-state index in [1.807, 2.05) is 13.8 Å². The summed E-state index contributed by atoms with van der Waals surface area (Å²) < 4.78 is 13.1. The van der Waals surface area contributed by atoms with Crippen molar-refractivity contribution in [3.63, 3.8) is 0 Å². The maximum absolute atomic E-state index is 13.1. The smallest absolute Gasteiger partial charge is 0.123 e. The Morgan fingerprint density at radius 1 is 1.44 bits per heavy atom. The number of nitrogens with two attached hydrogens (primary N) is 1. The van der Waals surface area contributed by atoms with Gasteiger partial charge in [0.15, 0.2) is 0 Å². The number of halogens is 1. The molecule has 2 nitrogen and oxygen atoms in total. The minimum atomic E-state index is -0.258. The second kappa shape index (κ2) is 6.23. The number of thioether (sulfide) groups is 1. The molecule has 0 aromatic heterocycles. The molecule has 0 aliphatic carbocycles. The Morgan fingerprint density at radius 3 is 2.69 bits per heavy atom. The van der Waals surface area contributed by atoms with E-state index in [-0.39, 0.29) is 24.4 Å². The molecule has 0 heterocycles. The molecule has 0 saturated heterocycles. The van der Waals surface area contributed by atoms with Gasteiger partial charge in [-0.15, -0.1) is 11.8 Å². The molecule has 1 aromatic carbocycles. The van der Waals surface area contributed by atoms with Crippen LogP contribution in [0, 0.1) is 11.7 Å². The van der Waals surface area contributed by atoms with E-state index in [9.17, 15) is 4.39 Å². The van der Waals surface area contributed by atoms with Gasteiger partial charge in [-0.3, -0.25) is 0 Å². The molecule has 0 aliphatic rings. The van der Waals surface area contributed by atoms with E-state index in [1.54, 1.807) is 17.8 Å². The number of benzene rings is 1. The van der Waals surface area contributed by atoms with E-state index in [0.29, 0.717) is 0 Å². The molecule has 1 unspecified atom stereocenters. The molecule has 0 aliphatic heterocycles. The lowest BCUT2D eigenvalue weighted by molar-refractivity contribution is 0.250. The van der Waals surface area contributed by atoms with Crippen LogP contribution in [0.25, 0.3) is 0 Å². The van der Waals surface area contributed by atoms with Crippen LogP contribution in [-0.4, -0.2) is 17.5 Å². The van der Waals surface area contributed by atoms with Crippen molar-refractivity contribution >= 4 is 11.8 Å². The fourth-order valence-electron chi connectivity index (χ4n) is 1.29. The fourth-order valence-corrected chi connectivity index (χ4v) is 2.44. The number of rotatable bonds is 5. The van der Waals surface area contributed by atoms with Gasteiger partial charge in [0.1, 0.15) is 5.82 Å². The Balaban J connectivity index is 2.78. The monoisotopic (exact) mass is 243 g/mol. The third kappa shape index (κ3) is 3.77. The van der Waals surface area contributed by atoms with Crippen molar-refractivity contribution in [2.45, 2.75) is 24.8 Å². The molecule has 0 amide bonds. The molecule has 2 atom stereocenters. The third-order valence-corrected chi connectivity index (χ3v) is 3.72. The summed E-state index contributed by atoms with van der Waals surface area (Å²) in [6.07, 6.45) is 0. The van der Waals surface area contributed by atoms with Crippen LogP contribution in [0.1, 0.15) is 25.5 Å². The van der Waals surface area contributed by atoms with E-state index in [1.165, 1.54) is 12.1 Å². The van der Waals surface area contributed by atoms with Crippen molar-refractivity contribution in [1.29, 1.82) is 0 Å². The summed E-state index contributed by atoms with van der Waals surface area (Å²) in [5.74, 6) is 0.782. The molecular weight excluding hydrogens is 225 g/mol. The van der Waals surface area contributed by atoms with Gasteiger partial charge in [0.05, 0.1) is 0 Å². The highest BCUT2D eigenvalue weighted by molar-refractivity contribution is 7.99. The topological polar surface area (TPSA) is 46.2 Å². The van der Waals surface area contributed by atoms with Gasteiger partial charge in [-0.25, -0.2) is 4.39 Å². The van der Waals surface area contributed by atoms with Crippen molar-refractivity contribution in [3.05, 3.63) is 29.6 Å². The molecule has 3 N–H and O–H groups in total. The summed E-state index contributed by atoms with van der Waals surface area (Å²) in [5, 5.41) is 8.94. The molecule has 0 radical (unpaired) electrons. The molecule has 1 aromatic rings. The van der Waals surface area contributed by atoms with E-state index < -0.39 is 0 Å². The summed E-state index contributed by atoms with van der Waals surface area (Å²) in [7, 11) is 0. The van der Waals surface area contributed by atoms with Gasteiger partial charge in [-0.1, -0.05) is 6.92 Å². The van der Waals surface area contributed by atoms with E-state index >= 15 is 0 Å². The Hall–Kier alpha value is -0.580. The normalized spacial score (nSPS) is 14.8. The first-order chi connectivity index (χ1) is 7.54. The third-order valence-electron chi connectivity index (χ3n) is 2.30. The van der Waals surface area contributed by atoms with Crippen molar-refractivity contribution in [2.75, 3.05) is 12.4 Å². The molecule has 0 bridgehead atoms. The second-order valence-electron chi connectivity index (χ2n) is 4.07. The minimum Gasteiger partial charge on any atom is -0.396 e. The zero-order valence-electron chi connectivity index (χ0n) is 9.61. The lowest BCUT2D eigenvalue weighted by atomic mass is 10.1. The first kappa shape index (κ1) is 13.5. The summed E-state index contributed by atoms with van der Waals surface area (Å²) in [4.78, 5) is 0.997. The maximum Gasteiger partial charge on any atom is 0.123 e. The van der Waals surface area contributed by atoms with Crippen molar-refractivity contribution in [2.24, 2.45) is 11.7 Å². The first-order valence-corrected chi connectivity index (χ1v) is 6.31. The average Bonchev–Trinajstić information content (AvgIpc) is 2.26. The van der Waals surface area contributed by atoms with Gasteiger partial charge in [-0.05, 0) is 36.6 Å². The summed E-state index contributed by atoms with van der Waals surface area (Å²) in [6.45, 7) is 3.98. The Morgan fingerprint density at radius 2 is 2.12 bits per heavy atom. The highest BCUT2D eigenvalue weighted by Gasteiger charge is 2.10. The molecule has 4 heteroatoms.